The highest BCUT2D eigenvalue weighted by Gasteiger charge is 2.04. The first-order valence-corrected chi connectivity index (χ1v) is 5.54. The maximum absolute atomic E-state index is 11.3. The summed E-state index contributed by atoms with van der Waals surface area (Å²) in [5.41, 5.74) is 0. The van der Waals surface area contributed by atoms with Crippen molar-refractivity contribution in [1.29, 1.82) is 0 Å². The Morgan fingerprint density at radius 2 is 1.46 bits per heavy atom. The molecule has 0 aliphatic rings. The van der Waals surface area contributed by atoms with Gasteiger partial charge in [0.05, 0.1) is 0 Å². The van der Waals surface area contributed by atoms with Gasteiger partial charge < -0.3 is 0 Å². The predicted molar refractivity (Wildman–Crippen MR) is 57.8 cm³/mol. The lowest BCUT2D eigenvalue weighted by Gasteiger charge is -2.05. The fourth-order valence-corrected chi connectivity index (χ4v) is 1.28. The monoisotopic (exact) mass is 184 g/mol. The largest absolute Gasteiger partial charge is 0.300 e. The zero-order valence-corrected chi connectivity index (χ0v) is 9.60. The molecule has 0 aliphatic heterocycles. The lowest BCUT2D eigenvalue weighted by atomic mass is 10.0. The summed E-state index contributed by atoms with van der Waals surface area (Å²) in [5, 5.41) is 0. The maximum Gasteiger partial charge on any atom is 0.132 e. The molecule has 0 bridgehead atoms. The SMILES string of the molecule is CC(C)CCCC(=O)CCC(C)C. The van der Waals surface area contributed by atoms with Crippen LogP contribution in [0.4, 0.5) is 0 Å². The molecule has 0 aromatic rings. The second kappa shape index (κ2) is 7.11. The van der Waals surface area contributed by atoms with Gasteiger partial charge in [0.2, 0.25) is 0 Å². The van der Waals surface area contributed by atoms with Gasteiger partial charge in [-0.25, -0.2) is 0 Å². The quantitative estimate of drug-likeness (QED) is 0.588. The van der Waals surface area contributed by atoms with Crippen LogP contribution in [0.15, 0.2) is 0 Å². The highest BCUT2D eigenvalue weighted by atomic mass is 16.1. The molecule has 0 aromatic heterocycles. The van der Waals surface area contributed by atoms with E-state index in [1.165, 1.54) is 6.42 Å². The average Bonchev–Trinajstić information content (AvgIpc) is 2.00. The van der Waals surface area contributed by atoms with Crippen LogP contribution >= 0.6 is 0 Å². The van der Waals surface area contributed by atoms with Gasteiger partial charge in [0, 0.05) is 12.8 Å². The Balaban J connectivity index is 3.30. The number of hydrogen-bond acceptors (Lipinski definition) is 1. The number of Topliss-reactive ketones (excluding diaryl/α,β-unsaturated/α-hetero) is 1. The van der Waals surface area contributed by atoms with Crippen LogP contribution in [-0.2, 0) is 4.79 Å². The van der Waals surface area contributed by atoms with E-state index in [4.69, 9.17) is 0 Å². The van der Waals surface area contributed by atoms with E-state index in [1.807, 2.05) is 0 Å². The van der Waals surface area contributed by atoms with Gasteiger partial charge in [-0.15, -0.1) is 0 Å². The van der Waals surface area contributed by atoms with E-state index in [9.17, 15) is 4.79 Å². The molecule has 1 nitrogen and oxygen atoms in total. The van der Waals surface area contributed by atoms with Crippen molar-refractivity contribution >= 4 is 5.78 Å². The topological polar surface area (TPSA) is 17.1 Å². The van der Waals surface area contributed by atoms with Gasteiger partial charge in [0.15, 0.2) is 0 Å². The van der Waals surface area contributed by atoms with E-state index in [0.717, 1.165) is 31.6 Å². The zero-order valence-electron chi connectivity index (χ0n) is 9.60. The second-order valence-corrected chi connectivity index (χ2v) is 4.76. The Morgan fingerprint density at radius 3 is 1.92 bits per heavy atom. The van der Waals surface area contributed by atoms with E-state index >= 15 is 0 Å². The molecule has 0 saturated carbocycles. The summed E-state index contributed by atoms with van der Waals surface area (Å²) in [7, 11) is 0. The van der Waals surface area contributed by atoms with Crippen molar-refractivity contribution in [3.8, 4) is 0 Å². The maximum atomic E-state index is 11.3. The number of ketones is 1. The Bertz CT molecular complexity index is 136. The summed E-state index contributed by atoms with van der Waals surface area (Å²) in [6.07, 6.45) is 4.91. The van der Waals surface area contributed by atoms with Crippen molar-refractivity contribution in [2.75, 3.05) is 0 Å². The summed E-state index contributed by atoms with van der Waals surface area (Å²) in [4.78, 5) is 11.3. The van der Waals surface area contributed by atoms with Crippen molar-refractivity contribution in [2.24, 2.45) is 11.8 Å². The Kier molecular flexibility index (Phi) is 6.93. The Labute approximate surface area is 82.9 Å². The molecule has 1 heteroatoms. The van der Waals surface area contributed by atoms with E-state index in [2.05, 4.69) is 27.7 Å². The Morgan fingerprint density at radius 1 is 0.923 bits per heavy atom. The van der Waals surface area contributed by atoms with Crippen LogP contribution < -0.4 is 0 Å². The summed E-state index contributed by atoms with van der Waals surface area (Å²) < 4.78 is 0. The third-order valence-corrected chi connectivity index (χ3v) is 2.24. The molecule has 0 atom stereocenters. The van der Waals surface area contributed by atoms with Gasteiger partial charge in [-0.3, -0.25) is 4.79 Å². The molecule has 0 rings (SSSR count). The van der Waals surface area contributed by atoms with Crippen LogP contribution in [-0.4, -0.2) is 5.78 Å². The lowest BCUT2D eigenvalue weighted by molar-refractivity contribution is -0.119. The smallest absolute Gasteiger partial charge is 0.132 e. The summed E-state index contributed by atoms with van der Waals surface area (Å²) in [5.74, 6) is 1.85. The van der Waals surface area contributed by atoms with Gasteiger partial charge >= 0.3 is 0 Å². The Hall–Kier alpha value is -0.330. The van der Waals surface area contributed by atoms with Crippen molar-refractivity contribution in [1.82, 2.24) is 0 Å². The first kappa shape index (κ1) is 12.7. The van der Waals surface area contributed by atoms with Gasteiger partial charge in [-0.2, -0.15) is 0 Å². The second-order valence-electron chi connectivity index (χ2n) is 4.76. The number of hydrogen-bond donors (Lipinski definition) is 0. The molecule has 0 unspecified atom stereocenters. The minimum Gasteiger partial charge on any atom is -0.300 e. The minimum absolute atomic E-state index is 0.453. The molecule has 0 spiro atoms. The van der Waals surface area contributed by atoms with Crippen molar-refractivity contribution in [3.05, 3.63) is 0 Å². The molecule has 0 heterocycles. The summed E-state index contributed by atoms with van der Waals surface area (Å²) >= 11 is 0. The van der Waals surface area contributed by atoms with Crippen molar-refractivity contribution < 1.29 is 4.79 Å². The molecule has 0 radical (unpaired) electrons. The molecule has 13 heavy (non-hydrogen) atoms. The van der Waals surface area contributed by atoms with E-state index in [0.29, 0.717) is 11.7 Å². The first-order valence-electron chi connectivity index (χ1n) is 5.54. The van der Waals surface area contributed by atoms with Crippen molar-refractivity contribution in [2.45, 2.75) is 59.8 Å². The third kappa shape index (κ3) is 9.59. The highest BCUT2D eigenvalue weighted by Crippen LogP contribution is 2.10. The van der Waals surface area contributed by atoms with E-state index < -0.39 is 0 Å². The standard InChI is InChI=1S/C12H24O/c1-10(2)6-5-7-12(13)9-8-11(3)4/h10-11H,5-9H2,1-4H3. The third-order valence-electron chi connectivity index (χ3n) is 2.24. The van der Waals surface area contributed by atoms with Crippen LogP contribution in [0.3, 0.4) is 0 Å². The van der Waals surface area contributed by atoms with Crippen LogP contribution in [0.1, 0.15) is 59.8 Å². The normalized spacial score (nSPS) is 11.2. The van der Waals surface area contributed by atoms with Gasteiger partial charge in [0.1, 0.15) is 5.78 Å². The van der Waals surface area contributed by atoms with E-state index in [1.54, 1.807) is 0 Å². The average molecular weight is 184 g/mol. The van der Waals surface area contributed by atoms with Gasteiger partial charge in [-0.05, 0) is 24.7 Å². The lowest BCUT2D eigenvalue weighted by Crippen LogP contribution is -2.01. The van der Waals surface area contributed by atoms with Crippen LogP contribution in [0, 0.1) is 11.8 Å². The molecule has 0 fully saturated rings. The number of carbonyl (C=O) groups excluding carboxylic acids is 1. The zero-order chi connectivity index (χ0) is 10.3. The van der Waals surface area contributed by atoms with Crippen LogP contribution in [0.25, 0.3) is 0 Å². The molecular formula is C12H24O. The van der Waals surface area contributed by atoms with Crippen molar-refractivity contribution in [3.63, 3.8) is 0 Å². The molecule has 0 aromatic carbocycles. The molecule has 0 saturated heterocycles. The molecule has 78 valence electrons. The fraction of sp³-hybridized carbons (Fsp3) is 0.917. The molecule has 0 aliphatic carbocycles. The highest BCUT2D eigenvalue weighted by molar-refractivity contribution is 5.78. The van der Waals surface area contributed by atoms with E-state index in [-0.39, 0.29) is 0 Å². The van der Waals surface area contributed by atoms with Gasteiger partial charge in [0.25, 0.3) is 0 Å². The van der Waals surface area contributed by atoms with Crippen LogP contribution in [0.5, 0.6) is 0 Å². The summed E-state index contributed by atoms with van der Waals surface area (Å²) in [6, 6.07) is 0. The number of rotatable bonds is 7. The van der Waals surface area contributed by atoms with Crippen LogP contribution in [0.2, 0.25) is 0 Å². The molecule has 0 amide bonds. The summed E-state index contributed by atoms with van der Waals surface area (Å²) in [6.45, 7) is 8.75. The molecular weight excluding hydrogens is 160 g/mol. The number of carbonyl (C=O) groups is 1. The molecule has 0 N–H and O–H groups in total. The predicted octanol–water partition coefficient (Wildman–Crippen LogP) is 3.82. The fourth-order valence-electron chi connectivity index (χ4n) is 1.28. The first-order chi connectivity index (χ1) is 6.02. The van der Waals surface area contributed by atoms with Gasteiger partial charge in [-0.1, -0.05) is 34.1 Å². The minimum atomic E-state index is 0.453.